The van der Waals surface area contributed by atoms with Crippen LogP contribution in [0.25, 0.3) is 0 Å². The van der Waals surface area contributed by atoms with Crippen LogP contribution in [-0.4, -0.2) is 19.2 Å². The third kappa shape index (κ3) is 2.24. The fourth-order valence-electron chi connectivity index (χ4n) is 1.05. The van der Waals surface area contributed by atoms with Gasteiger partial charge in [0.1, 0.15) is 6.10 Å². The standard InChI is InChI=1S/C11H13NO/c1-4-11(13)9-5-7-10(8-6-9)12(2)3/h1,5-8,11,13H,2-3H3. The molecule has 0 aliphatic carbocycles. The highest BCUT2D eigenvalue weighted by Gasteiger charge is 2.02. The van der Waals surface area contributed by atoms with Crippen LogP contribution in [0.15, 0.2) is 24.3 Å². The van der Waals surface area contributed by atoms with Gasteiger partial charge in [-0.25, -0.2) is 0 Å². The minimum Gasteiger partial charge on any atom is -0.378 e. The third-order valence-corrected chi connectivity index (χ3v) is 1.88. The van der Waals surface area contributed by atoms with Crippen LogP contribution >= 0.6 is 0 Å². The number of terminal acetylenes is 1. The predicted molar refractivity (Wildman–Crippen MR) is 54.6 cm³/mol. The molecule has 0 aliphatic rings. The van der Waals surface area contributed by atoms with Gasteiger partial charge in [-0.3, -0.25) is 0 Å². The van der Waals surface area contributed by atoms with E-state index in [0.29, 0.717) is 0 Å². The molecule has 0 radical (unpaired) electrons. The first-order valence-corrected chi connectivity index (χ1v) is 4.06. The Hall–Kier alpha value is -1.46. The molecule has 0 amide bonds. The number of nitrogens with zero attached hydrogens (tertiary/aromatic N) is 1. The van der Waals surface area contributed by atoms with E-state index in [0.717, 1.165) is 11.3 Å². The number of hydrogen-bond acceptors (Lipinski definition) is 2. The van der Waals surface area contributed by atoms with Crippen molar-refractivity contribution in [3.63, 3.8) is 0 Å². The average Bonchev–Trinajstić information content (AvgIpc) is 2.17. The van der Waals surface area contributed by atoms with Gasteiger partial charge in [-0.05, 0) is 17.7 Å². The SMILES string of the molecule is C#CC(O)c1ccc(N(C)C)cc1. The number of benzene rings is 1. The van der Waals surface area contributed by atoms with Crippen molar-refractivity contribution in [2.75, 3.05) is 19.0 Å². The van der Waals surface area contributed by atoms with Gasteiger partial charge in [0, 0.05) is 19.8 Å². The van der Waals surface area contributed by atoms with E-state index >= 15 is 0 Å². The van der Waals surface area contributed by atoms with Gasteiger partial charge in [0.05, 0.1) is 0 Å². The first-order chi connectivity index (χ1) is 6.15. The lowest BCUT2D eigenvalue weighted by atomic mass is 10.1. The van der Waals surface area contributed by atoms with Crippen molar-refractivity contribution >= 4 is 5.69 Å². The molecule has 1 aromatic rings. The zero-order valence-electron chi connectivity index (χ0n) is 7.86. The molecule has 68 valence electrons. The molecule has 0 bridgehead atoms. The Labute approximate surface area is 78.8 Å². The summed E-state index contributed by atoms with van der Waals surface area (Å²) in [5.41, 5.74) is 1.85. The molecule has 0 spiro atoms. The molecule has 13 heavy (non-hydrogen) atoms. The van der Waals surface area contributed by atoms with Gasteiger partial charge in [0.15, 0.2) is 0 Å². The molecule has 0 aliphatic heterocycles. The lowest BCUT2D eigenvalue weighted by Gasteiger charge is -2.13. The molecule has 1 atom stereocenters. The van der Waals surface area contributed by atoms with Gasteiger partial charge in [-0.1, -0.05) is 18.1 Å². The monoisotopic (exact) mass is 175 g/mol. The van der Waals surface area contributed by atoms with Gasteiger partial charge >= 0.3 is 0 Å². The summed E-state index contributed by atoms with van der Waals surface area (Å²) in [6.07, 6.45) is 4.30. The van der Waals surface area contributed by atoms with Gasteiger partial charge in [0.25, 0.3) is 0 Å². The molecular formula is C11H13NO. The minimum absolute atomic E-state index is 0.758. The molecule has 1 aromatic carbocycles. The molecule has 0 heterocycles. The number of anilines is 1. The fourth-order valence-corrected chi connectivity index (χ4v) is 1.05. The largest absolute Gasteiger partial charge is 0.378 e. The summed E-state index contributed by atoms with van der Waals surface area (Å²) in [5.74, 6) is 2.27. The quantitative estimate of drug-likeness (QED) is 0.687. The Morgan fingerprint density at radius 1 is 1.31 bits per heavy atom. The average molecular weight is 175 g/mol. The second-order valence-electron chi connectivity index (χ2n) is 3.06. The topological polar surface area (TPSA) is 23.5 Å². The molecule has 0 saturated heterocycles. The number of aliphatic hydroxyl groups is 1. The van der Waals surface area contributed by atoms with E-state index < -0.39 is 6.10 Å². The molecular weight excluding hydrogens is 162 g/mol. The van der Waals surface area contributed by atoms with Crippen molar-refractivity contribution in [2.45, 2.75) is 6.10 Å². The van der Waals surface area contributed by atoms with Crippen LogP contribution in [0.2, 0.25) is 0 Å². The maximum atomic E-state index is 9.31. The Kier molecular flexibility index (Phi) is 2.94. The van der Waals surface area contributed by atoms with E-state index in [-0.39, 0.29) is 0 Å². The predicted octanol–water partition coefficient (Wildman–Crippen LogP) is 1.42. The number of rotatable bonds is 2. The van der Waals surface area contributed by atoms with Crippen LogP contribution in [-0.2, 0) is 0 Å². The van der Waals surface area contributed by atoms with Gasteiger partial charge < -0.3 is 10.0 Å². The van der Waals surface area contributed by atoms with Gasteiger partial charge in [0.2, 0.25) is 0 Å². The van der Waals surface area contributed by atoms with E-state index in [2.05, 4.69) is 5.92 Å². The highest BCUT2D eigenvalue weighted by molar-refractivity contribution is 5.46. The van der Waals surface area contributed by atoms with Crippen LogP contribution in [0, 0.1) is 12.3 Å². The van der Waals surface area contributed by atoms with Crippen molar-refractivity contribution in [1.82, 2.24) is 0 Å². The third-order valence-electron chi connectivity index (χ3n) is 1.88. The summed E-state index contributed by atoms with van der Waals surface area (Å²) in [6.45, 7) is 0. The van der Waals surface area contributed by atoms with Crippen molar-refractivity contribution in [1.29, 1.82) is 0 Å². The maximum absolute atomic E-state index is 9.31. The van der Waals surface area contributed by atoms with E-state index in [1.54, 1.807) is 0 Å². The van der Waals surface area contributed by atoms with Crippen LogP contribution in [0.3, 0.4) is 0 Å². The zero-order chi connectivity index (χ0) is 9.84. The second kappa shape index (κ2) is 3.97. The molecule has 2 heteroatoms. The van der Waals surface area contributed by atoms with Crippen molar-refractivity contribution in [3.05, 3.63) is 29.8 Å². The minimum atomic E-state index is -0.795. The first kappa shape index (κ1) is 9.63. The zero-order valence-corrected chi connectivity index (χ0v) is 7.86. The van der Waals surface area contributed by atoms with E-state index in [1.807, 2.05) is 43.3 Å². The van der Waals surface area contributed by atoms with Crippen molar-refractivity contribution in [3.8, 4) is 12.3 Å². The highest BCUT2D eigenvalue weighted by atomic mass is 16.3. The Morgan fingerprint density at radius 3 is 2.23 bits per heavy atom. The smallest absolute Gasteiger partial charge is 0.139 e. The van der Waals surface area contributed by atoms with Gasteiger partial charge in [-0.15, -0.1) is 6.42 Å². The maximum Gasteiger partial charge on any atom is 0.139 e. The molecule has 0 aromatic heterocycles. The first-order valence-electron chi connectivity index (χ1n) is 4.06. The van der Waals surface area contributed by atoms with Gasteiger partial charge in [-0.2, -0.15) is 0 Å². The molecule has 1 unspecified atom stereocenters. The molecule has 0 saturated carbocycles. The number of aliphatic hydroxyl groups excluding tert-OH is 1. The second-order valence-corrected chi connectivity index (χ2v) is 3.06. The van der Waals surface area contributed by atoms with E-state index in [9.17, 15) is 5.11 Å². The summed E-state index contributed by atoms with van der Waals surface area (Å²) in [7, 11) is 3.93. The lowest BCUT2D eigenvalue weighted by Crippen LogP contribution is -2.08. The Balaban J connectivity index is 2.89. The van der Waals surface area contributed by atoms with E-state index in [4.69, 9.17) is 6.42 Å². The number of hydrogen-bond donors (Lipinski definition) is 1. The van der Waals surface area contributed by atoms with Crippen molar-refractivity contribution in [2.24, 2.45) is 0 Å². The van der Waals surface area contributed by atoms with Crippen LogP contribution in [0.1, 0.15) is 11.7 Å². The van der Waals surface area contributed by atoms with E-state index in [1.165, 1.54) is 0 Å². The summed E-state index contributed by atoms with van der Waals surface area (Å²) in [4.78, 5) is 1.99. The normalized spacial score (nSPS) is 11.8. The molecule has 0 fully saturated rings. The van der Waals surface area contributed by atoms with Crippen molar-refractivity contribution < 1.29 is 5.11 Å². The summed E-state index contributed by atoms with van der Waals surface area (Å²) in [6, 6.07) is 7.52. The molecule has 2 nitrogen and oxygen atoms in total. The summed E-state index contributed by atoms with van der Waals surface area (Å²) < 4.78 is 0. The Bertz CT molecular complexity index is 308. The van der Waals surface area contributed by atoms with Crippen LogP contribution in [0.4, 0.5) is 5.69 Å². The van der Waals surface area contributed by atoms with Crippen LogP contribution in [0.5, 0.6) is 0 Å². The lowest BCUT2D eigenvalue weighted by molar-refractivity contribution is 0.238. The fraction of sp³-hybridized carbons (Fsp3) is 0.273. The summed E-state index contributed by atoms with van der Waals surface area (Å²) in [5, 5.41) is 9.31. The molecule has 1 N–H and O–H groups in total. The summed E-state index contributed by atoms with van der Waals surface area (Å²) >= 11 is 0. The highest BCUT2D eigenvalue weighted by Crippen LogP contribution is 2.16. The van der Waals surface area contributed by atoms with Crippen LogP contribution < -0.4 is 4.90 Å². The molecule has 1 rings (SSSR count). The Morgan fingerprint density at radius 2 is 1.85 bits per heavy atom.